The normalized spacial score (nSPS) is 12.2. The van der Waals surface area contributed by atoms with Crippen LogP contribution in [0.2, 0.25) is 10.0 Å². The number of aromatic nitrogens is 1. The van der Waals surface area contributed by atoms with E-state index in [9.17, 15) is 9.18 Å². The van der Waals surface area contributed by atoms with E-state index in [0.29, 0.717) is 28.0 Å². The minimum atomic E-state index is -0.564. The zero-order valence-electron chi connectivity index (χ0n) is 18.8. The van der Waals surface area contributed by atoms with Crippen LogP contribution in [0.3, 0.4) is 0 Å². The van der Waals surface area contributed by atoms with Crippen molar-refractivity contribution in [1.29, 1.82) is 0 Å². The first-order chi connectivity index (χ1) is 15.8. The quantitative estimate of drug-likeness (QED) is 0.233. The molecule has 2 N–H and O–H groups in total. The van der Waals surface area contributed by atoms with E-state index in [-0.39, 0.29) is 11.1 Å². The number of carbonyl (C=O) groups excluding carboxylic acids is 1. The predicted molar refractivity (Wildman–Crippen MR) is 135 cm³/mol. The number of thiazole rings is 1. The van der Waals surface area contributed by atoms with Crippen LogP contribution in [0, 0.1) is 5.82 Å². The number of carbonyl (C=O) groups is 1. The topological polar surface area (TPSA) is 66.5 Å². The fourth-order valence-electron chi connectivity index (χ4n) is 3.40. The molecule has 10 heteroatoms. The summed E-state index contributed by atoms with van der Waals surface area (Å²) in [4.78, 5) is 18.9. The molecule has 0 spiro atoms. The van der Waals surface area contributed by atoms with Gasteiger partial charge in [-0.2, -0.15) is 0 Å². The largest absolute Gasteiger partial charge is 0.486 e. The fraction of sp³-hybridized carbons (Fsp3) is 0.391. The van der Waals surface area contributed by atoms with Crippen LogP contribution in [-0.4, -0.2) is 42.1 Å². The van der Waals surface area contributed by atoms with E-state index in [1.165, 1.54) is 23.5 Å². The lowest BCUT2D eigenvalue weighted by molar-refractivity contribution is 0.227. The highest BCUT2D eigenvalue weighted by molar-refractivity contribution is 7.22. The van der Waals surface area contributed by atoms with Gasteiger partial charge in [0.15, 0.2) is 5.13 Å². The average Bonchev–Trinajstić information content (AvgIpc) is 3.18. The van der Waals surface area contributed by atoms with Crippen molar-refractivity contribution in [3.8, 4) is 5.75 Å². The molecule has 2 aromatic carbocycles. The molecule has 1 atom stereocenters. The molecule has 0 aliphatic rings. The maximum atomic E-state index is 13.8. The van der Waals surface area contributed by atoms with Gasteiger partial charge in [-0.05, 0) is 63.3 Å². The smallest absolute Gasteiger partial charge is 0.321 e. The number of ether oxygens (including phenoxy) is 1. The van der Waals surface area contributed by atoms with Crippen molar-refractivity contribution in [2.75, 3.05) is 31.5 Å². The molecular formula is C23H27Cl2FN4O2S. The Bertz CT molecular complexity index is 1110. The van der Waals surface area contributed by atoms with Crippen LogP contribution in [0.4, 0.5) is 14.3 Å². The molecule has 1 unspecified atom stereocenters. The lowest BCUT2D eigenvalue weighted by Crippen LogP contribution is -2.32. The number of urea groups is 1. The van der Waals surface area contributed by atoms with Gasteiger partial charge < -0.3 is 15.0 Å². The Morgan fingerprint density at radius 1 is 1.24 bits per heavy atom. The summed E-state index contributed by atoms with van der Waals surface area (Å²) in [7, 11) is 0. The molecule has 3 rings (SSSR count). The number of halogens is 3. The van der Waals surface area contributed by atoms with E-state index in [1.54, 1.807) is 19.1 Å². The zero-order chi connectivity index (χ0) is 24.0. The summed E-state index contributed by atoms with van der Waals surface area (Å²) < 4.78 is 20.6. The number of anilines is 1. The van der Waals surface area contributed by atoms with E-state index in [1.807, 2.05) is 6.07 Å². The van der Waals surface area contributed by atoms with Crippen LogP contribution < -0.4 is 15.4 Å². The summed E-state index contributed by atoms with van der Waals surface area (Å²) >= 11 is 13.6. The Kier molecular flexibility index (Phi) is 9.14. The molecule has 2 amide bonds. The lowest BCUT2D eigenvalue weighted by Gasteiger charge is -2.18. The first kappa shape index (κ1) is 25.5. The van der Waals surface area contributed by atoms with Crippen LogP contribution in [0.5, 0.6) is 5.75 Å². The van der Waals surface area contributed by atoms with Crippen molar-refractivity contribution < 1.29 is 13.9 Å². The van der Waals surface area contributed by atoms with Crippen molar-refractivity contribution in [3.63, 3.8) is 0 Å². The number of nitrogens with zero attached hydrogens (tertiary/aromatic N) is 2. The van der Waals surface area contributed by atoms with Gasteiger partial charge in [0, 0.05) is 17.1 Å². The van der Waals surface area contributed by atoms with Gasteiger partial charge in [-0.25, -0.2) is 14.2 Å². The van der Waals surface area contributed by atoms with E-state index in [0.717, 1.165) is 36.3 Å². The molecule has 0 fully saturated rings. The van der Waals surface area contributed by atoms with Gasteiger partial charge in [0.2, 0.25) is 0 Å². The van der Waals surface area contributed by atoms with Crippen LogP contribution in [-0.2, 0) is 0 Å². The van der Waals surface area contributed by atoms with Gasteiger partial charge in [0.1, 0.15) is 17.7 Å². The molecule has 6 nitrogen and oxygen atoms in total. The van der Waals surface area contributed by atoms with E-state index < -0.39 is 11.9 Å². The van der Waals surface area contributed by atoms with Crippen LogP contribution in [0.1, 0.15) is 38.9 Å². The van der Waals surface area contributed by atoms with Gasteiger partial charge in [-0.15, -0.1) is 0 Å². The summed E-state index contributed by atoms with van der Waals surface area (Å²) in [6.45, 7) is 9.54. The number of hydrogen-bond acceptors (Lipinski definition) is 5. The van der Waals surface area contributed by atoms with Gasteiger partial charge >= 0.3 is 6.03 Å². The molecule has 3 aromatic rings. The Balaban J connectivity index is 1.60. The minimum absolute atomic E-state index is 0.0523. The highest BCUT2D eigenvalue weighted by atomic mass is 35.5. The summed E-state index contributed by atoms with van der Waals surface area (Å²) in [6, 6.07) is 7.77. The molecule has 0 bridgehead atoms. The number of fused-ring (bicyclic) bond motifs is 1. The van der Waals surface area contributed by atoms with Crippen molar-refractivity contribution in [2.24, 2.45) is 0 Å². The SMILES string of the molecule is CCN(CC)CCCNC(=O)Nc1nc2ccc(OC(C)c3c(Cl)ccc(F)c3Cl)cc2s1. The third kappa shape index (κ3) is 6.69. The maximum Gasteiger partial charge on any atom is 0.321 e. The molecule has 1 heterocycles. The molecular weight excluding hydrogens is 486 g/mol. The Labute approximate surface area is 207 Å². The molecule has 0 saturated carbocycles. The highest BCUT2D eigenvalue weighted by Crippen LogP contribution is 2.36. The van der Waals surface area contributed by atoms with Crippen molar-refractivity contribution in [1.82, 2.24) is 15.2 Å². The number of hydrogen-bond donors (Lipinski definition) is 2. The molecule has 33 heavy (non-hydrogen) atoms. The highest BCUT2D eigenvalue weighted by Gasteiger charge is 2.19. The maximum absolute atomic E-state index is 13.8. The monoisotopic (exact) mass is 512 g/mol. The molecule has 0 aliphatic carbocycles. The third-order valence-corrected chi connectivity index (χ3v) is 6.86. The first-order valence-corrected chi connectivity index (χ1v) is 12.4. The Morgan fingerprint density at radius 3 is 2.73 bits per heavy atom. The number of benzene rings is 2. The molecule has 0 aliphatic heterocycles. The van der Waals surface area contributed by atoms with Crippen molar-refractivity contribution in [3.05, 3.63) is 51.8 Å². The zero-order valence-corrected chi connectivity index (χ0v) is 21.1. The van der Waals surface area contributed by atoms with E-state index in [4.69, 9.17) is 27.9 Å². The second-order valence-corrected chi connectivity index (χ2v) is 9.24. The first-order valence-electron chi connectivity index (χ1n) is 10.8. The van der Waals surface area contributed by atoms with Gasteiger partial charge in [0.25, 0.3) is 0 Å². The van der Waals surface area contributed by atoms with E-state index in [2.05, 4.69) is 34.4 Å². The van der Waals surface area contributed by atoms with Gasteiger partial charge in [-0.1, -0.05) is 48.4 Å². The number of amides is 2. The van der Waals surface area contributed by atoms with E-state index >= 15 is 0 Å². The van der Waals surface area contributed by atoms with Crippen LogP contribution in [0.25, 0.3) is 10.2 Å². The molecule has 0 radical (unpaired) electrons. The summed E-state index contributed by atoms with van der Waals surface area (Å²) in [5.74, 6) is 0.00826. The second kappa shape index (κ2) is 11.8. The fourth-order valence-corrected chi connectivity index (χ4v) is 4.96. The Morgan fingerprint density at radius 2 is 2.00 bits per heavy atom. The standard InChI is InChI=1S/C23H27Cl2FN4O2S/c1-4-30(5-2)12-6-11-27-22(31)29-23-28-18-10-7-15(13-19(18)33-23)32-14(3)20-16(24)8-9-17(26)21(20)25/h7-10,13-14H,4-6,11-12H2,1-3H3,(H2,27,28,29,31). The lowest BCUT2D eigenvalue weighted by atomic mass is 10.1. The Hall–Kier alpha value is -2.13. The van der Waals surface area contributed by atoms with Gasteiger partial charge in [0.05, 0.1) is 15.2 Å². The summed E-state index contributed by atoms with van der Waals surface area (Å²) in [5, 5.41) is 6.42. The number of nitrogens with one attached hydrogen (secondary N) is 2. The summed E-state index contributed by atoms with van der Waals surface area (Å²) in [6.07, 6.45) is 0.318. The molecule has 0 saturated heterocycles. The van der Waals surface area contributed by atoms with Gasteiger partial charge in [-0.3, -0.25) is 5.32 Å². The summed E-state index contributed by atoms with van der Waals surface area (Å²) in [5.41, 5.74) is 1.13. The predicted octanol–water partition coefficient (Wildman–Crippen LogP) is 6.74. The van der Waals surface area contributed by atoms with Crippen molar-refractivity contribution in [2.45, 2.75) is 33.3 Å². The minimum Gasteiger partial charge on any atom is -0.486 e. The molecule has 1 aromatic heterocycles. The van der Waals surface area contributed by atoms with Crippen molar-refractivity contribution >= 4 is 55.9 Å². The molecule has 178 valence electrons. The third-order valence-electron chi connectivity index (χ3n) is 5.21. The van der Waals surface area contributed by atoms with Crippen LogP contribution >= 0.6 is 34.5 Å². The number of rotatable bonds is 10. The van der Waals surface area contributed by atoms with Crippen LogP contribution in [0.15, 0.2) is 30.3 Å². The average molecular weight is 513 g/mol. The second-order valence-electron chi connectivity index (χ2n) is 7.43.